The molecule has 0 saturated heterocycles. The van der Waals surface area contributed by atoms with E-state index in [1.54, 1.807) is 35.0 Å². The van der Waals surface area contributed by atoms with E-state index in [9.17, 15) is 27.2 Å². The third-order valence-electron chi connectivity index (χ3n) is 6.85. The first-order chi connectivity index (χ1) is 19.5. The molecule has 3 aromatic carbocycles. The number of hydrogen-bond acceptors (Lipinski definition) is 4. The summed E-state index contributed by atoms with van der Waals surface area (Å²) in [5.41, 5.74) is 2.73. The van der Waals surface area contributed by atoms with Gasteiger partial charge in [0.2, 0.25) is 0 Å². The average molecular weight is 565 g/mol. The van der Waals surface area contributed by atoms with Crippen molar-refractivity contribution in [3.63, 3.8) is 0 Å². The number of rotatable bonds is 8. The summed E-state index contributed by atoms with van der Waals surface area (Å²) in [6.45, 7) is 1.82. The van der Waals surface area contributed by atoms with Crippen molar-refractivity contribution in [3.8, 4) is 11.3 Å². The van der Waals surface area contributed by atoms with E-state index in [1.165, 1.54) is 0 Å². The van der Waals surface area contributed by atoms with E-state index in [4.69, 9.17) is 10.1 Å². The van der Waals surface area contributed by atoms with Crippen LogP contribution in [0.4, 0.5) is 23.2 Å². The van der Waals surface area contributed by atoms with Gasteiger partial charge in [0.05, 0.1) is 40.8 Å². The fourth-order valence-corrected chi connectivity index (χ4v) is 4.66. The van der Waals surface area contributed by atoms with Gasteiger partial charge < -0.3 is 10.4 Å². The van der Waals surface area contributed by atoms with Crippen LogP contribution >= 0.6 is 0 Å². The monoisotopic (exact) mass is 564 g/mol. The van der Waals surface area contributed by atoms with E-state index >= 15 is 0 Å². The summed E-state index contributed by atoms with van der Waals surface area (Å²) in [5, 5.41) is 15.8. The molecule has 2 heterocycles. The Labute approximate surface area is 232 Å². The number of aliphatic carboxylic acids is 1. The molecular weight excluding hydrogens is 540 g/mol. The molecule has 210 valence electrons. The van der Waals surface area contributed by atoms with Gasteiger partial charge in [-0.1, -0.05) is 30.3 Å². The highest BCUT2D eigenvalue weighted by molar-refractivity contribution is 6.06. The molecule has 0 aliphatic carbocycles. The standard InChI is InChI=1S/C30H24F4N4O3/c1-17(18-6-8-19(9-7-18)29(41)35-13-12-28(39)40)38-27(26-14-20-4-2-3-5-24(20)36-26)16-25(37-38)22-15-21(30(32,33)34)10-11-23(22)31/h2-11,15-17H,12-14H2,1H3,(H,35,41)(H,39,40). The number of nitrogens with one attached hydrogen (secondary N) is 1. The first kappa shape index (κ1) is 27.8. The van der Waals surface area contributed by atoms with Gasteiger partial charge in [-0.05, 0) is 60.5 Å². The molecule has 41 heavy (non-hydrogen) atoms. The maximum Gasteiger partial charge on any atom is 0.416 e. The van der Waals surface area contributed by atoms with Crippen molar-refractivity contribution < 1.29 is 32.3 Å². The van der Waals surface area contributed by atoms with Crippen LogP contribution in [0.25, 0.3) is 11.3 Å². The molecule has 1 aromatic heterocycles. The molecule has 5 rings (SSSR count). The Hall–Kier alpha value is -4.80. The maximum atomic E-state index is 14.8. The first-order valence-corrected chi connectivity index (χ1v) is 12.7. The van der Waals surface area contributed by atoms with Crippen molar-refractivity contribution in [1.82, 2.24) is 15.1 Å². The number of benzene rings is 3. The lowest BCUT2D eigenvalue weighted by Crippen LogP contribution is -2.26. The predicted molar refractivity (Wildman–Crippen MR) is 144 cm³/mol. The highest BCUT2D eigenvalue weighted by Gasteiger charge is 2.32. The molecule has 0 spiro atoms. The smallest absolute Gasteiger partial charge is 0.416 e. The van der Waals surface area contributed by atoms with Gasteiger partial charge in [-0.3, -0.25) is 19.3 Å². The number of fused-ring (bicyclic) bond motifs is 1. The summed E-state index contributed by atoms with van der Waals surface area (Å²) in [7, 11) is 0. The van der Waals surface area contributed by atoms with Crippen LogP contribution in [0, 0.1) is 5.82 Å². The maximum absolute atomic E-state index is 14.8. The minimum absolute atomic E-state index is 0.0116. The minimum Gasteiger partial charge on any atom is -0.481 e. The summed E-state index contributed by atoms with van der Waals surface area (Å²) in [6.07, 6.45) is -4.39. The fraction of sp³-hybridized carbons (Fsp3) is 0.200. The molecule has 2 N–H and O–H groups in total. The Bertz CT molecular complexity index is 1660. The lowest BCUT2D eigenvalue weighted by atomic mass is 10.0. The topological polar surface area (TPSA) is 96.6 Å². The Balaban J connectivity index is 1.51. The molecule has 1 atom stereocenters. The Morgan fingerprint density at radius 1 is 1.05 bits per heavy atom. The van der Waals surface area contributed by atoms with E-state index in [2.05, 4.69) is 10.4 Å². The Kier molecular flexibility index (Phi) is 7.44. The summed E-state index contributed by atoms with van der Waals surface area (Å²) in [5.74, 6) is -2.29. The Morgan fingerprint density at radius 3 is 2.46 bits per heavy atom. The van der Waals surface area contributed by atoms with Crippen molar-refractivity contribution >= 4 is 23.3 Å². The van der Waals surface area contributed by atoms with E-state index in [0.717, 1.165) is 28.9 Å². The number of alkyl halides is 3. The van der Waals surface area contributed by atoms with Crippen molar-refractivity contribution in [2.75, 3.05) is 6.54 Å². The number of aliphatic imine (C=N–C) groups is 1. The van der Waals surface area contributed by atoms with Gasteiger partial charge in [0.25, 0.3) is 5.91 Å². The minimum atomic E-state index is -4.65. The number of halogens is 4. The second kappa shape index (κ2) is 11.0. The second-order valence-corrected chi connectivity index (χ2v) is 9.61. The van der Waals surface area contributed by atoms with E-state index < -0.39 is 35.5 Å². The van der Waals surface area contributed by atoms with Crippen LogP contribution in [0.15, 0.2) is 77.8 Å². The fourth-order valence-electron chi connectivity index (χ4n) is 4.66. The van der Waals surface area contributed by atoms with Gasteiger partial charge in [-0.2, -0.15) is 18.3 Å². The number of carboxylic acid groups (broad SMARTS) is 1. The number of amides is 1. The number of para-hydroxylation sites is 1. The molecule has 4 aromatic rings. The molecule has 1 aliphatic rings. The van der Waals surface area contributed by atoms with Crippen LogP contribution in [0.5, 0.6) is 0 Å². The summed E-state index contributed by atoms with van der Waals surface area (Å²) >= 11 is 0. The molecule has 0 fully saturated rings. The van der Waals surface area contributed by atoms with Gasteiger partial charge in [-0.15, -0.1) is 0 Å². The van der Waals surface area contributed by atoms with E-state index in [0.29, 0.717) is 29.5 Å². The SMILES string of the molecule is CC(c1ccc(C(=O)NCCC(=O)O)cc1)n1nc(-c2cc(C(F)(F)F)ccc2F)cc1C1=Nc2ccccc2C1. The van der Waals surface area contributed by atoms with Crippen LogP contribution < -0.4 is 5.32 Å². The van der Waals surface area contributed by atoms with Crippen LogP contribution in [-0.4, -0.2) is 39.0 Å². The molecule has 11 heteroatoms. The molecule has 0 radical (unpaired) electrons. The van der Waals surface area contributed by atoms with Crippen molar-refractivity contribution in [1.29, 1.82) is 0 Å². The number of aromatic nitrogens is 2. The lowest BCUT2D eigenvalue weighted by molar-refractivity contribution is -0.138. The molecular formula is C30H24F4N4O3. The second-order valence-electron chi connectivity index (χ2n) is 9.61. The quantitative estimate of drug-likeness (QED) is 0.249. The number of hydrogen-bond donors (Lipinski definition) is 2. The molecule has 0 saturated carbocycles. The molecule has 7 nitrogen and oxygen atoms in total. The van der Waals surface area contributed by atoms with E-state index in [1.807, 2.05) is 31.2 Å². The van der Waals surface area contributed by atoms with Crippen LogP contribution in [-0.2, 0) is 17.4 Å². The zero-order chi connectivity index (χ0) is 29.3. The summed E-state index contributed by atoms with van der Waals surface area (Å²) in [4.78, 5) is 27.8. The van der Waals surface area contributed by atoms with Gasteiger partial charge in [0.1, 0.15) is 5.82 Å². The van der Waals surface area contributed by atoms with Crippen molar-refractivity contribution in [3.05, 3.63) is 107 Å². The average Bonchev–Trinajstić information content (AvgIpc) is 3.57. The third kappa shape index (κ3) is 5.88. The summed E-state index contributed by atoms with van der Waals surface area (Å²) in [6, 6.07) is 17.4. The number of carbonyl (C=O) groups excluding carboxylic acids is 1. The molecule has 0 bridgehead atoms. The van der Waals surface area contributed by atoms with Crippen LogP contribution in [0.3, 0.4) is 0 Å². The lowest BCUT2D eigenvalue weighted by Gasteiger charge is -2.17. The highest BCUT2D eigenvalue weighted by atomic mass is 19.4. The number of carboxylic acids is 1. The highest BCUT2D eigenvalue weighted by Crippen LogP contribution is 2.36. The molecule has 1 unspecified atom stereocenters. The molecule has 1 aliphatic heterocycles. The van der Waals surface area contributed by atoms with Crippen LogP contribution in [0.2, 0.25) is 0 Å². The van der Waals surface area contributed by atoms with Crippen molar-refractivity contribution in [2.45, 2.75) is 32.0 Å². The predicted octanol–water partition coefficient (Wildman–Crippen LogP) is 6.20. The normalized spacial score (nSPS) is 13.4. The van der Waals surface area contributed by atoms with E-state index in [-0.39, 0.29) is 24.2 Å². The van der Waals surface area contributed by atoms with Gasteiger partial charge in [0, 0.05) is 24.1 Å². The zero-order valence-corrected chi connectivity index (χ0v) is 21.7. The first-order valence-electron chi connectivity index (χ1n) is 12.7. The van der Waals surface area contributed by atoms with Crippen molar-refractivity contribution in [2.24, 2.45) is 4.99 Å². The van der Waals surface area contributed by atoms with Gasteiger partial charge in [-0.25, -0.2) is 4.39 Å². The molecule has 1 amide bonds. The van der Waals surface area contributed by atoms with Gasteiger partial charge >= 0.3 is 12.1 Å². The summed E-state index contributed by atoms with van der Waals surface area (Å²) < 4.78 is 56.7. The largest absolute Gasteiger partial charge is 0.481 e. The van der Waals surface area contributed by atoms with Crippen LogP contribution in [0.1, 0.15) is 52.1 Å². The third-order valence-corrected chi connectivity index (χ3v) is 6.85. The zero-order valence-electron chi connectivity index (χ0n) is 21.7. The number of nitrogens with zero attached hydrogens (tertiary/aromatic N) is 3. The van der Waals surface area contributed by atoms with Gasteiger partial charge in [0.15, 0.2) is 0 Å². The number of carbonyl (C=O) groups is 2. The Morgan fingerprint density at radius 2 is 1.78 bits per heavy atom.